The highest BCUT2D eigenvalue weighted by molar-refractivity contribution is 7.76. The van der Waals surface area contributed by atoms with Crippen LogP contribution in [0.2, 0.25) is 5.02 Å². The Balaban J connectivity index is 1.09. The Kier molecular flexibility index (Phi) is 13.5. The van der Waals surface area contributed by atoms with Gasteiger partial charge in [0.25, 0.3) is 11.8 Å². The number of morpholine rings is 1. The molecule has 3 fully saturated rings. The number of piperazine rings is 1. The lowest BCUT2D eigenvalue weighted by molar-refractivity contribution is -0.0464. The minimum absolute atomic E-state index is 0.102. The lowest BCUT2D eigenvalue weighted by atomic mass is 9.70. The Morgan fingerprint density at radius 3 is 2.76 bits per heavy atom. The van der Waals surface area contributed by atoms with Gasteiger partial charge in [-0.2, -0.15) is 4.36 Å². The number of aromatic nitrogens is 1. The third-order valence-electron chi connectivity index (χ3n) is 13.2. The number of thiol groups is 1. The van der Waals surface area contributed by atoms with Gasteiger partial charge in [0.05, 0.1) is 47.8 Å². The third-order valence-corrected chi connectivity index (χ3v) is 14.9. The number of nitrogens with one attached hydrogen (secondary N) is 1. The number of hydrogen-bond acceptors (Lipinski definition) is 9. The average Bonchev–Trinajstić information content (AvgIpc) is 3.58. The zero-order valence-corrected chi connectivity index (χ0v) is 36.2. The van der Waals surface area contributed by atoms with Gasteiger partial charge in [0.15, 0.2) is 0 Å². The summed E-state index contributed by atoms with van der Waals surface area (Å²) in [5.41, 5.74) is 5.04. The number of carbonyl (C=O) groups is 2. The van der Waals surface area contributed by atoms with E-state index in [1.807, 2.05) is 49.0 Å². The summed E-state index contributed by atoms with van der Waals surface area (Å²) in [6.07, 6.45) is 11.3. The fraction of sp³-hybridized carbons (Fsp3) is 0.556. The van der Waals surface area contributed by atoms with Gasteiger partial charge in [-0.15, -0.1) is 0 Å². The monoisotopic (exact) mass is 846 g/mol. The van der Waals surface area contributed by atoms with Gasteiger partial charge >= 0.3 is 0 Å². The van der Waals surface area contributed by atoms with Crippen LogP contribution in [0.15, 0.2) is 65.2 Å². The number of fused-ring (bicyclic) bond motifs is 4. The van der Waals surface area contributed by atoms with Gasteiger partial charge in [0, 0.05) is 88.5 Å². The second-order valence-electron chi connectivity index (χ2n) is 17.1. The summed E-state index contributed by atoms with van der Waals surface area (Å²) in [6.45, 7) is 9.95. The molecule has 2 unspecified atom stereocenters. The molecule has 8 rings (SSSR count). The highest BCUT2D eigenvalue weighted by Crippen LogP contribution is 2.42. The van der Waals surface area contributed by atoms with Gasteiger partial charge in [-0.05, 0) is 104 Å². The molecule has 2 amide bonds. The van der Waals surface area contributed by atoms with E-state index in [9.17, 15) is 13.8 Å². The average molecular weight is 848 g/mol. The molecule has 1 saturated carbocycles. The summed E-state index contributed by atoms with van der Waals surface area (Å²) in [5, 5.41) is 2.89. The Morgan fingerprint density at radius 2 is 1.93 bits per heavy atom. The summed E-state index contributed by atoms with van der Waals surface area (Å²) >= 11 is 6.50. The van der Waals surface area contributed by atoms with Crippen molar-refractivity contribution in [1.82, 2.24) is 19.7 Å². The number of benzene rings is 2. The Hall–Kier alpha value is -3.72. The molecule has 1 aliphatic carbocycles. The number of hydrogen-bond donors (Lipinski definition) is 2. The molecule has 5 aliphatic rings. The molecule has 4 aliphatic heterocycles. The molecule has 5 heterocycles. The Labute approximate surface area is 355 Å². The molecule has 1 N–H and O–H groups in total. The van der Waals surface area contributed by atoms with Crippen LogP contribution < -0.4 is 15.0 Å². The fourth-order valence-electron chi connectivity index (χ4n) is 9.46. The number of halogens is 1. The molecule has 0 radical (unpaired) electrons. The van der Waals surface area contributed by atoms with Crippen molar-refractivity contribution in [2.45, 2.75) is 76.1 Å². The maximum atomic E-state index is 14.3. The Bertz CT molecular complexity index is 2120. The number of anilines is 1. The zero-order valence-electron chi connectivity index (χ0n) is 34.6. The number of aryl methyl sites for hydroxylation is 2. The van der Waals surface area contributed by atoms with Crippen LogP contribution in [0, 0.1) is 17.8 Å². The second kappa shape index (κ2) is 18.9. The van der Waals surface area contributed by atoms with Gasteiger partial charge < -0.3 is 29.0 Å². The Morgan fingerprint density at radius 1 is 1.05 bits per heavy atom. The summed E-state index contributed by atoms with van der Waals surface area (Å²) in [5.74, 6) is 0.122. The van der Waals surface area contributed by atoms with E-state index in [1.165, 1.54) is 11.1 Å². The van der Waals surface area contributed by atoms with E-state index in [1.54, 1.807) is 13.2 Å². The maximum absolute atomic E-state index is 14.3. The number of amides is 2. The van der Waals surface area contributed by atoms with Gasteiger partial charge in [-0.1, -0.05) is 36.7 Å². The van der Waals surface area contributed by atoms with Crippen molar-refractivity contribution in [3.8, 4) is 5.75 Å². The quantitative estimate of drug-likeness (QED) is 0.232. The first-order valence-electron chi connectivity index (χ1n) is 21.3. The summed E-state index contributed by atoms with van der Waals surface area (Å²) in [6, 6.07) is 13.8. The summed E-state index contributed by atoms with van der Waals surface area (Å²) < 4.78 is 38.8. The zero-order chi connectivity index (χ0) is 41.0. The summed E-state index contributed by atoms with van der Waals surface area (Å²) in [4.78, 5) is 35.3. The second-order valence-corrected chi connectivity index (χ2v) is 18.9. The molecular weight excluding hydrogens is 788 g/mol. The van der Waals surface area contributed by atoms with E-state index in [-0.39, 0.29) is 17.9 Å². The minimum atomic E-state index is -2.56. The molecule has 318 valence electrons. The van der Waals surface area contributed by atoms with Crippen LogP contribution in [0.3, 0.4) is 0 Å². The van der Waals surface area contributed by atoms with Gasteiger partial charge in [-0.3, -0.25) is 23.6 Å². The van der Waals surface area contributed by atoms with Crippen LogP contribution in [0.5, 0.6) is 5.75 Å². The highest BCUT2D eigenvalue weighted by atomic mass is 35.5. The van der Waals surface area contributed by atoms with E-state index in [0.29, 0.717) is 60.9 Å². The molecule has 12 nitrogen and oxygen atoms in total. The van der Waals surface area contributed by atoms with Crippen molar-refractivity contribution < 1.29 is 28.0 Å². The number of allylic oxidation sites excluding steroid dienone is 1. The third kappa shape index (κ3) is 9.76. The van der Waals surface area contributed by atoms with Crippen LogP contribution in [0.4, 0.5) is 5.69 Å². The normalized spacial score (nSPS) is 29.3. The van der Waals surface area contributed by atoms with Gasteiger partial charge in [0.2, 0.25) is 0 Å². The molecule has 2 aromatic carbocycles. The van der Waals surface area contributed by atoms with Crippen LogP contribution in [0.1, 0.15) is 76.6 Å². The van der Waals surface area contributed by atoms with Crippen LogP contribution in [-0.2, 0) is 46.6 Å². The smallest absolute Gasteiger partial charge is 0.285 e. The molecule has 2 saturated heterocycles. The number of rotatable bonds is 5. The first kappa shape index (κ1) is 42.0. The lowest BCUT2D eigenvalue weighted by Gasteiger charge is -2.43. The minimum Gasteiger partial charge on any atom is -0.491 e. The summed E-state index contributed by atoms with van der Waals surface area (Å²) in [7, 11) is 1.15. The predicted molar refractivity (Wildman–Crippen MR) is 232 cm³/mol. The molecule has 59 heavy (non-hydrogen) atoms. The number of ether oxygens (including phenoxy) is 3. The highest BCUT2D eigenvalue weighted by Gasteiger charge is 2.38. The van der Waals surface area contributed by atoms with E-state index in [2.05, 4.69) is 48.7 Å². The van der Waals surface area contributed by atoms with Crippen molar-refractivity contribution in [3.05, 3.63) is 93.8 Å². The SMILES string of the molecule is CO[C@H]1/C=C/C[C@H](C)C(NC(=O)c2cc(CN3CCN4CCOC[C@@H]4C3)n(C)c2)/[SH](=O)=N\C(=O)c2ccc3c(c2)N(Cc2ccc(Cl)cc2CCCCO3)C[C@@H]2CC[C@H]21. The topological polar surface area (TPSA) is 118 Å². The standard InChI is InChI=1S/C45H59ClN6O6S/c1-30-7-6-9-41(56-3)39-14-11-34(39)26-52-25-33-10-13-36(46)21-31(33)8-4-5-19-58-42-15-12-32(23-40(42)52)44(54)48-59(55)45(30)47-43(53)35-22-37(49(2)24-35)27-50-16-17-51-18-20-57-29-38(51)28-50/h6,9-10,12-13,15,21-24,30,34,38-39,41,45,59H,4-5,7-8,11,14,16-20,25-29H2,1-3H3,(H,47,53)/b9-6+/t30-,34-,38-,39+,41-,45?/m0/s1. The van der Waals surface area contributed by atoms with Crippen LogP contribution in [-0.4, -0.2) is 108 Å². The largest absolute Gasteiger partial charge is 0.491 e. The van der Waals surface area contributed by atoms with Gasteiger partial charge in [0.1, 0.15) is 11.1 Å². The molecule has 14 heteroatoms. The van der Waals surface area contributed by atoms with E-state index in [4.69, 9.17) is 25.8 Å². The van der Waals surface area contributed by atoms with Gasteiger partial charge in [-0.25, -0.2) is 0 Å². The number of carbonyl (C=O) groups excluding carboxylic acids is 2. The molecule has 7 atom stereocenters. The number of nitrogens with zero attached hydrogens (tertiary/aromatic N) is 5. The van der Waals surface area contributed by atoms with Crippen molar-refractivity contribution in [3.63, 3.8) is 0 Å². The van der Waals surface area contributed by atoms with E-state index >= 15 is 0 Å². The van der Waals surface area contributed by atoms with Crippen LogP contribution >= 0.6 is 11.6 Å². The van der Waals surface area contributed by atoms with E-state index < -0.39 is 21.9 Å². The molecule has 3 aromatic rings. The predicted octanol–water partition coefficient (Wildman–Crippen LogP) is 6.11. The molecule has 0 spiro atoms. The molecular formula is C45H59ClN6O6S. The first-order chi connectivity index (χ1) is 28.6. The molecule has 2 bridgehead atoms. The number of methoxy groups -OCH3 is 1. The molecule has 1 aromatic heterocycles. The van der Waals surface area contributed by atoms with E-state index in [0.717, 1.165) is 94.4 Å². The van der Waals surface area contributed by atoms with Crippen molar-refractivity contribution in [2.24, 2.45) is 29.2 Å². The first-order valence-corrected chi connectivity index (χ1v) is 23.0. The van der Waals surface area contributed by atoms with Crippen molar-refractivity contribution in [1.29, 1.82) is 0 Å². The maximum Gasteiger partial charge on any atom is 0.285 e. The fourth-order valence-corrected chi connectivity index (χ4v) is 10.9. The van der Waals surface area contributed by atoms with Crippen molar-refractivity contribution in [2.75, 3.05) is 64.6 Å². The van der Waals surface area contributed by atoms with Crippen LogP contribution in [0.25, 0.3) is 0 Å². The van der Waals surface area contributed by atoms with Crippen molar-refractivity contribution >= 4 is 39.7 Å². The lowest BCUT2D eigenvalue weighted by Crippen LogP contribution is -2.57.